The Morgan fingerprint density at radius 3 is 2.56 bits per heavy atom. The highest BCUT2D eigenvalue weighted by Gasteiger charge is 1.99. The predicted molar refractivity (Wildman–Crippen MR) is 67.6 cm³/mol. The summed E-state index contributed by atoms with van der Waals surface area (Å²) in [5.41, 5.74) is 2.52. The van der Waals surface area contributed by atoms with Crippen LogP contribution in [0.15, 0.2) is 52.4 Å². The van der Waals surface area contributed by atoms with Gasteiger partial charge in [-0.3, -0.25) is 0 Å². The average Bonchev–Trinajstić information content (AvgIpc) is 2.32. The summed E-state index contributed by atoms with van der Waals surface area (Å²) in [6, 6.07) is 13.3. The van der Waals surface area contributed by atoms with Crippen LogP contribution in [0.4, 0.5) is 5.82 Å². The van der Waals surface area contributed by atoms with Gasteiger partial charge in [0.25, 0.3) is 0 Å². The largest absolute Gasteiger partial charge is 0.308 e. The third kappa shape index (κ3) is 2.88. The van der Waals surface area contributed by atoms with Gasteiger partial charge in [0.1, 0.15) is 10.8 Å². The van der Waals surface area contributed by atoms with E-state index in [0.29, 0.717) is 5.82 Å². The molecule has 0 aliphatic rings. The first-order chi connectivity index (χ1) is 7.78. The summed E-state index contributed by atoms with van der Waals surface area (Å²) in [6.07, 6.45) is 0. The number of benzene rings is 1. The fraction of sp³-hybridized carbons (Fsp3) is 0. The number of halogens is 1. The predicted octanol–water partition coefficient (Wildman–Crippen LogP) is 3.17. The molecule has 1 heterocycles. The standard InChI is InChI=1S/C11H10ClN3S/c12-8-4-6-9(7-5-8)16-11-3-1-2-10(14-11)15-13/h1-7H,13H2,(H,14,15). The Hall–Kier alpha value is -1.23. The summed E-state index contributed by atoms with van der Waals surface area (Å²) >= 11 is 7.37. The maximum absolute atomic E-state index is 5.81. The molecule has 0 bridgehead atoms. The molecule has 0 aliphatic carbocycles. The molecule has 0 saturated heterocycles. The van der Waals surface area contributed by atoms with Gasteiger partial charge in [0.05, 0.1) is 0 Å². The number of anilines is 1. The Morgan fingerprint density at radius 1 is 1.12 bits per heavy atom. The molecule has 82 valence electrons. The second kappa shape index (κ2) is 5.21. The number of hydrogen-bond acceptors (Lipinski definition) is 4. The molecule has 0 fully saturated rings. The van der Waals surface area contributed by atoms with Crippen molar-refractivity contribution in [2.45, 2.75) is 9.92 Å². The average molecular weight is 252 g/mol. The van der Waals surface area contributed by atoms with E-state index in [1.54, 1.807) is 11.8 Å². The van der Waals surface area contributed by atoms with Crippen molar-refractivity contribution in [1.82, 2.24) is 4.98 Å². The number of nitrogen functional groups attached to an aromatic ring is 1. The van der Waals surface area contributed by atoms with Gasteiger partial charge in [0, 0.05) is 9.92 Å². The van der Waals surface area contributed by atoms with E-state index in [-0.39, 0.29) is 0 Å². The number of aromatic nitrogens is 1. The molecule has 0 atom stereocenters. The van der Waals surface area contributed by atoms with E-state index in [1.807, 2.05) is 42.5 Å². The van der Waals surface area contributed by atoms with Gasteiger partial charge in [-0.1, -0.05) is 29.4 Å². The number of rotatable bonds is 3. The van der Waals surface area contributed by atoms with E-state index in [4.69, 9.17) is 17.4 Å². The second-order valence-electron chi connectivity index (χ2n) is 3.06. The molecule has 1 aromatic carbocycles. The lowest BCUT2D eigenvalue weighted by Gasteiger charge is -2.03. The SMILES string of the molecule is NNc1cccc(Sc2ccc(Cl)cc2)n1. The number of nitrogens with two attached hydrogens (primary N) is 1. The molecule has 0 radical (unpaired) electrons. The van der Waals surface area contributed by atoms with Gasteiger partial charge in [-0.05, 0) is 36.4 Å². The molecule has 1 aromatic heterocycles. The first-order valence-corrected chi connectivity index (χ1v) is 5.84. The highest BCUT2D eigenvalue weighted by molar-refractivity contribution is 7.99. The van der Waals surface area contributed by atoms with Gasteiger partial charge >= 0.3 is 0 Å². The van der Waals surface area contributed by atoms with Crippen LogP contribution in [0.1, 0.15) is 0 Å². The van der Waals surface area contributed by atoms with Crippen LogP contribution in [-0.2, 0) is 0 Å². The molecule has 0 unspecified atom stereocenters. The number of hydrazine groups is 1. The summed E-state index contributed by atoms with van der Waals surface area (Å²) in [7, 11) is 0. The molecule has 0 amide bonds. The Kier molecular flexibility index (Phi) is 3.66. The third-order valence-corrected chi connectivity index (χ3v) is 3.10. The van der Waals surface area contributed by atoms with Crippen molar-refractivity contribution in [3.63, 3.8) is 0 Å². The fourth-order valence-electron chi connectivity index (χ4n) is 1.18. The van der Waals surface area contributed by atoms with Crippen LogP contribution >= 0.6 is 23.4 Å². The number of nitrogens with zero attached hydrogens (tertiary/aromatic N) is 1. The highest BCUT2D eigenvalue weighted by Crippen LogP contribution is 2.27. The summed E-state index contributed by atoms with van der Waals surface area (Å²) in [5, 5.41) is 1.62. The lowest BCUT2D eigenvalue weighted by Crippen LogP contribution is -2.08. The van der Waals surface area contributed by atoms with E-state index in [2.05, 4.69) is 10.4 Å². The zero-order chi connectivity index (χ0) is 11.4. The molecule has 3 N–H and O–H groups in total. The molecule has 0 saturated carbocycles. The molecular weight excluding hydrogens is 242 g/mol. The lowest BCUT2D eigenvalue weighted by atomic mass is 10.4. The van der Waals surface area contributed by atoms with Crippen molar-refractivity contribution in [1.29, 1.82) is 0 Å². The van der Waals surface area contributed by atoms with Crippen LogP contribution in [0.2, 0.25) is 5.02 Å². The monoisotopic (exact) mass is 251 g/mol. The zero-order valence-electron chi connectivity index (χ0n) is 8.35. The van der Waals surface area contributed by atoms with Gasteiger partial charge in [0.2, 0.25) is 0 Å². The molecule has 3 nitrogen and oxygen atoms in total. The highest BCUT2D eigenvalue weighted by atomic mass is 35.5. The van der Waals surface area contributed by atoms with Gasteiger partial charge in [0.15, 0.2) is 0 Å². The quantitative estimate of drug-likeness (QED) is 0.650. The molecule has 16 heavy (non-hydrogen) atoms. The maximum Gasteiger partial charge on any atom is 0.141 e. The van der Waals surface area contributed by atoms with Gasteiger partial charge < -0.3 is 5.43 Å². The van der Waals surface area contributed by atoms with Crippen LogP contribution in [0.25, 0.3) is 0 Å². The zero-order valence-corrected chi connectivity index (χ0v) is 9.92. The van der Waals surface area contributed by atoms with Crippen LogP contribution in [0.3, 0.4) is 0 Å². The third-order valence-electron chi connectivity index (χ3n) is 1.91. The fourth-order valence-corrected chi connectivity index (χ4v) is 2.11. The number of hydrogen-bond donors (Lipinski definition) is 2. The summed E-state index contributed by atoms with van der Waals surface area (Å²) in [6.45, 7) is 0. The minimum atomic E-state index is 0.652. The molecule has 2 rings (SSSR count). The normalized spacial score (nSPS) is 10.1. The van der Waals surface area contributed by atoms with Crippen LogP contribution in [0, 0.1) is 0 Å². The van der Waals surface area contributed by atoms with Crippen molar-refractivity contribution in [3.05, 3.63) is 47.5 Å². The van der Waals surface area contributed by atoms with Crippen LogP contribution in [0.5, 0.6) is 0 Å². The minimum absolute atomic E-state index is 0.652. The van der Waals surface area contributed by atoms with Crippen LogP contribution in [-0.4, -0.2) is 4.98 Å². The Labute approximate surface area is 103 Å². The van der Waals surface area contributed by atoms with E-state index in [9.17, 15) is 0 Å². The summed E-state index contributed by atoms with van der Waals surface area (Å²) in [5.74, 6) is 5.94. The number of nitrogens with one attached hydrogen (secondary N) is 1. The lowest BCUT2D eigenvalue weighted by molar-refractivity contribution is 1.11. The molecule has 5 heteroatoms. The van der Waals surface area contributed by atoms with Crippen molar-refractivity contribution in [2.75, 3.05) is 5.43 Å². The van der Waals surface area contributed by atoms with E-state index in [0.717, 1.165) is 14.9 Å². The van der Waals surface area contributed by atoms with Gasteiger partial charge in [-0.15, -0.1) is 0 Å². The minimum Gasteiger partial charge on any atom is -0.308 e. The van der Waals surface area contributed by atoms with Crippen molar-refractivity contribution in [3.8, 4) is 0 Å². The van der Waals surface area contributed by atoms with Crippen molar-refractivity contribution < 1.29 is 0 Å². The number of pyridine rings is 1. The van der Waals surface area contributed by atoms with Crippen molar-refractivity contribution >= 4 is 29.2 Å². The molecule has 0 spiro atoms. The van der Waals surface area contributed by atoms with Crippen molar-refractivity contribution in [2.24, 2.45) is 5.84 Å². The van der Waals surface area contributed by atoms with Gasteiger partial charge in [-0.2, -0.15) is 0 Å². The van der Waals surface area contributed by atoms with E-state index < -0.39 is 0 Å². The first-order valence-electron chi connectivity index (χ1n) is 4.65. The van der Waals surface area contributed by atoms with Crippen LogP contribution < -0.4 is 11.3 Å². The summed E-state index contributed by atoms with van der Waals surface area (Å²) in [4.78, 5) is 5.39. The van der Waals surface area contributed by atoms with Gasteiger partial charge in [-0.25, -0.2) is 10.8 Å². The topological polar surface area (TPSA) is 50.9 Å². The molecular formula is C11H10ClN3S. The molecule has 2 aromatic rings. The summed E-state index contributed by atoms with van der Waals surface area (Å²) < 4.78 is 0. The smallest absolute Gasteiger partial charge is 0.141 e. The Bertz CT molecular complexity index is 473. The first kappa shape index (κ1) is 11.3. The van der Waals surface area contributed by atoms with E-state index >= 15 is 0 Å². The molecule has 0 aliphatic heterocycles. The van der Waals surface area contributed by atoms with E-state index in [1.165, 1.54) is 0 Å². The Balaban J connectivity index is 2.16. The maximum atomic E-state index is 5.81. The Morgan fingerprint density at radius 2 is 1.88 bits per heavy atom. The second-order valence-corrected chi connectivity index (χ2v) is 4.59.